The van der Waals surface area contributed by atoms with E-state index < -0.39 is 99.4 Å². The van der Waals surface area contributed by atoms with Crippen molar-refractivity contribution in [2.24, 2.45) is 29.4 Å². The smallest absolute Gasteiger partial charge is 0.347 e. The standard InChI is InChI=1S/C33H33N3O14/c1-14-16-6-4-7-20(50-32(44)17-12-15(9-10-19(17)37)49-21(38)8-5-11-48-36(46)47)23(16)28(40)24-22(14)29(41)25-26(35(2)3)27(39)18(31(34)43)13-33(25,45)30(24)42/h4,6-7,9-10,12,18,22,24-26,29,37,41,45H,1,5,8,11,13H2,2-3H3,(H2,34,43)/t18?,22?,24?,25?,26-,29-,33-/m0/s1. The molecule has 0 saturated heterocycles. The average Bonchev–Trinajstić information content (AvgIpc) is 3.04. The zero-order chi connectivity index (χ0) is 36.8. The maximum atomic E-state index is 14.2. The topological polar surface area (TPSA) is 263 Å². The first kappa shape index (κ1) is 35.8. The number of aromatic hydroxyl groups is 1. The van der Waals surface area contributed by atoms with Crippen molar-refractivity contribution in [2.75, 3.05) is 20.7 Å². The zero-order valence-electron chi connectivity index (χ0n) is 26.8. The highest BCUT2D eigenvalue weighted by Crippen LogP contribution is 2.54. The molecule has 2 saturated carbocycles. The van der Waals surface area contributed by atoms with Gasteiger partial charge in [0.05, 0.1) is 30.2 Å². The Balaban J connectivity index is 1.45. The number of benzene rings is 2. The summed E-state index contributed by atoms with van der Waals surface area (Å²) in [5.74, 6) is -13.0. The molecule has 17 nitrogen and oxygen atoms in total. The van der Waals surface area contributed by atoms with E-state index in [-0.39, 0.29) is 47.6 Å². The molecule has 2 aromatic carbocycles. The number of primary amides is 1. The van der Waals surface area contributed by atoms with E-state index in [0.717, 1.165) is 12.1 Å². The quantitative estimate of drug-likeness (QED) is 0.0648. The molecular weight excluding hydrogens is 662 g/mol. The Morgan fingerprint density at radius 2 is 1.84 bits per heavy atom. The molecule has 264 valence electrons. The number of phenols is 1. The number of carbonyl (C=O) groups is 6. The Morgan fingerprint density at radius 3 is 2.48 bits per heavy atom. The lowest BCUT2D eigenvalue weighted by molar-refractivity contribution is -0.757. The Morgan fingerprint density at radius 1 is 1.14 bits per heavy atom. The summed E-state index contributed by atoms with van der Waals surface area (Å²) < 4.78 is 10.7. The number of carbonyl (C=O) groups excluding carboxylic acids is 6. The number of rotatable bonds is 10. The second-order valence-electron chi connectivity index (χ2n) is 12.5. The second-order valence-corrected chi connectivity index (χ2v) is 12.5. The number of ether oxygens (including phenoxy) is 2. The highest BCUT2D eigenvalue weighted by atomic mass is 16.9. The molecule has 0 aromatic heterocycles. The van der Waals surface area contributed by atoms with Gasteiger partial charge in [-0.1, -0.05) is 18.7 Å². The number of aliphatic hydroxyl groups excluding tert-OH is 1. The fraction of sp³-hybridized carbons (Fsp3) is 0.394. The van der Waals surface area contributed by atoms with Crippen LogP contribution in [0.1, 0.15) is 45.5 Å². The predicted octanol–water partition coefficient (Wildman–Crippen LogP) is 0.243. The van der Waals surface area contributed by atoms with E-state index in [4.69, 9.17) is 15.2 Å². The summed E-state index contributed by atoms with van der Waals surface area (Å²) in [4.78, 5) is 95.2. The molecule has 0 heterocycles. The number of aliphatic hydroxyl groups is 2. The SMILES string of the molecule is C=C1c2cccc(OC(=O)c3cc(OC(=O)CCCO[N+](=O)[O-])ccc3O)c2C(=O)C2C(=O)[C@]3(O)CC(C(N)=O)C(=O)[C@@H](N(C)C)C3[C@@H](O)C12. The second kappa shape index (κ2) is 13.4. The Kier molecular flexibility index (Phi) is 9.60. The van der Waals surface area contributed by atoms with Gasteiger partial charge < -0.3 is 35.4 Å². The third-order valence-corrected chi connectivity index (χ3v) is 9.39. The average molecular weight is 696 g/mol. The Labute approximate surface area is 283 Å². The summed E-state index contributed by atoms with van der Waals surface area (Å²) in [7, 11) is 2.95. The molecule has 2 fully saturated rings. The van der Waals surface area contributed by atoms with Crippen molar-refractivity contribution in [1.29, 1.82) is 0 Å². The summed E-state index contributed by atoms with van der Waals surface area (Å²) in [6.07, 6.45) is -2.71. The first-order valence-electron chi connectivity index (χ1n) is 15.3. The number of fused-ring (bicyclic) bond motifs is 3. The van der Waals surface area contributed by atoms with Gasteiger partial charge in [-0.3, -0.25) is 28.9 Å². The van der Waals surface area contributed by atoms with Crippen LogP contribution in [-0.4, -0.2) is 99.0 Å². The van der Waals surface area contributed by atoms with Crippen LogP contribution >= 0.6 is 0 Å². The van der Waals surface area contributed by atoms with Crippen molar-refractivity contribution in [2.45, 2.75) is 37.0 Å². The minimum absolute atomic E-state index is 0.0369. The molecule has 0 radical (unpaired) electrons. The number of amides is 1. The number of nitrogens with zero attached hydrogens (tertiary/aromatic N) is 2. The molecule has 5 N–H and O–H groups in total. The van der Waals surface area contributed by atoms with E-state index in [1.165, 1.54) is 43.3 Å². The summed E-state index contributed by atoms with van der Waals surface area (Å²) in [5.41, 5.74) is 2.38. The van der Waals surface area contributed by atoms with Crippen LogP contribution in [0.3, 0.4) is 0 Å². The van der Waals surface area contributed by atoms with Crippen LogP contribution in [0.2, 0.25) is 0 Å². The Bertz CT molecular complexity index is 1840. The van der Waals surface area contributed by atoms with Gasteiger partial charge in [-0.2, -0.15) is 0 Å². The van der Waals surface area contributed by atoms with Gasteiger partial charge in [-0.25, -0.2) is 4.79 Å². The van der Waals surface area contributed by atoms with Gasteiger partial charge in [0.25, 0.3) is 5.09 Å². The molecule has 1 amide bonds. The lowest BCUT2D eigenvalue weighted by Crippen LogP contribution is -2.73. The van der Waals surface area contributed by atoms with Crippen LogP contribution in [0.5, 0.6) is 17.2 Å². The van der Waals surface area contributed by atoms with Crippen molar-refractivity contribution in [3.63, 3.8) is 0 Å². The minimum Gasteiger partial charge on any atom is -0.507 e. The molecule has 50 heavy (non-hydrogen) atoms. The third-order valence-electron chi connectivity index (χ3n) is 9.39. The van der Waals surface area contributed by atoms with Crippen LogP contribution in [0.4, 0.5) is 0 Å². The first-order valence-corrected chi connectivity index (χ1v) is 15.3. The maximum Gasteiger partial charge on any atom is 0.347 e. The Hall–Kier alpha value is -5.52. The molecule has 0 spiro atoms. The molecular formula is C33H33N3O14. The highest BCUT2D eigenvalue weighted by molar-refractivity contribution is 6.21. The fourth-order valence-corrected chi connectivity index (χ4v) is 7.19. The van der Waals surface area contributed by atoms with Crippen molar-refractivity contribution in [1.82, 2.24) is 4.90 Å². The van der Waals surface area contributed by atoms with Crippen molar-refractivity contribution in [3.05, 3.63) is 69.8 Å². The number of Topliss-reactive ketones (excluding diaryl/α,β-unsaturated/α-hetero) is 3. The van der Waals surface area contributed by atoms with Gasteiger partial charge in [-0.05, 0) is 55.9 Å². The van der Waals surface area contributed by atoms with Gasteiger partial charge in [0, 0.05) is 24.7 Å². The normalized spacial score (nSPS) is 27.1. The summed E-state index contributed by atoms with van der Waals surface area (Å²) in [6, 6.07) is 6.01. The molecule has 3 aliphatic carbocycles. The fourth-order valence-electron chi connectivity index (χ4n) is 7.19. The molecule has 4 unspecified atom stereocenters. The predicted molar refractivity (Wildman–Crippen MR) is 167 cm³/mol. The van der Waals surface area contributed by atoms with E-state index in [1.807, 2.05) is 0 Å². The molecule has 0 bridgehead atoms. The molecule has 7 atom stereocenters. The summed E-state index contributed by atoms with van der Waals surface area (Å²) >= 11 is 0. The highest BCUT2D eigenvalue weighted by Gasteiger charge is 2.68. The zero-order valence-corrected chi connectivity index (χ0v) is 26.8. The van der Waals surface area contributed by atoms with Crippen LogP contribution in [-0.2, 0) is 24.0 Å². The number of phenolic OH excluding ortho intramolecular Hbond substituents is 1. The van der Waals surface area contributed by atoms with Crippen molar-refractivity contribution < 1.29 is 63.5 Å². The van der Waals surface area contributed by atoms with Crippen LogP contribution in [0.25, 0.3) is 5.57 Å². The molecule has 0 aliphatic heterocycles. The van der Waals surface area contributed by atoms with Gasteiger partial charge in [0.1, 0.15) is 34.3 Å². The molecule has 2 aromatic rings. The van der Waals surface area contributed by atoms with Crippen LogP contribution < -0.4 is 15.2 Å². The maximum absolute atomic E-state index is 14.2. The van der Waals surface area contributed by atoms with Crippen LogP contribution in [0.15, 0.2) is 43.0 Å². The third kappa shape index (κ3) is 6.10. The lowest BCUT2D eigenvalue weighted by Gasteiger charge is -2.56. The van der Waals surface area contributed by atoms with Crippen molar-refractivity contribution in [3.8, 4) is 17.2 Å². The number of hydrogen-bond acceptors (Lipinski definition) is 15. The number of ketones is 3. The van der Waals surface area contributed by atoms with E-state index >= 15 is 0 Å². The summed E-state index contributed by atoms with van der Waals surface area (Å²) in [5, 5.41) is 43.3. The molecule has 17 heteroatoms. The van der Waals surface area contributed by atoms with E-state index in [1.54, 1.807) is 0 Å². The van der Waals surface area contributed by atoms with E-state index in [2.05, 4.69) is 11.4 Å². The molecule has 3 aliphatic rings. The number of esters is 2. The minimum atomic E-state index is -2.52. The number of likely N-dealkylation sites (N-methyl/N-ethyl adjacent to an activating group) is 1. The van der Waals surface area contributed by atoms with Crippen molar-refractivity contribution >= 4 is 40.8 Å². The number of nitrogens with two attached hydrogens (primary N) is 1. The van der Waals surface area contributed by atoms with Gasteiger partial charge in [0.15, 0.2) is 17.3 Å². The van der Waals surface area contributed by atoms with E-state index in [0.29, 0.717) is 0 Å². The first-order chi connectivity index (χ1) is 23.5. The molecule has 5 rings (SSSR count). The van der Waals surface area contributed by atoms with Gasteiger partial charge >= 0.3 is 11.9 Å². The van der Waals surface area contributed by atoms with Crippen LogP contribution in [0, 0.1) is 33.8 Å². The number of hydrogen-bond donors (Lipinski definition) is 4. The van der Waals surface area contributed by atoms with E-state index in [9.17, 15) is 54.2 Å². The summed E-state index contributed by atoms with van der Waals surface area (Å²) in [6.45, 7) is 3.68. The van der Waals surface area contributed by atoms with Gasteiger partial charge in [-0.15, -0.1) is 10.1 Å². The largest absolute Gasteiger partial charge is 0.507 e. The van der Waals surface area contributed by atoms with Gasteiger partial charge in [0.2, 0.25) is 5.91 Å². The monoisotopic (exact) mass is 695 g/mol. The lowest BCUT2D eigenvalue weighted by atomic mass is 9.51.